The van der Waals surface area contributed by atoms with Crippen LogP contribution in [0.4, 0.5) is 14.5 Å². The molecule has 2 N–H and O–H groups in total. The summed E-state index contributed by atoms with van der Waals surface area (Å²) in [5, 5.41) is 7.83. The van der Waals surface area contributed by atoms with E-state index in [1.54, 1.807) is 0 Å². The third-order valence-corrected chi connectivity index (χ3v) is 3.83. The SMILES string of the molecule is COc1cc(F)ccc1Oc1cc(Cl)c(F)cc1C(=O)Nc1cn[nH]c(=O)c1. The van der Waals surface area contributed by atoms with Gasteiger partial charge in [-0.05, 0) is 18.2 Å². The summed E-state index contributed by atoms with van der Waals surface area (Å²) in [6, 6.07) is 6.58. The third-order valence-electron chi connectivity index (χ3n) is 3.54. The number of methoxy groups -OCH3 is 1. The summed E-state index contributed by atoms with van der Waals surface area (Å²) >= 11 is 5.80. The molecule has 0 spiro atoms. The maximum absolute atomic E-state index is 14.0. The maximum Gasteiger partial charge on any atom is 0.266 e. The van der Waals surface area contributed by atoms with Crippen LogP contribution in [0.5, 0.6) is 17.2 Å². The lowest BCUT2D eigenvalue weighted by Gasteiger charge is -2.14. The molecule has 1 heterocycles. The summed E-state index contributed by atoms with van der Waals surface area (Å²) < 4.78 is 38.0. The van der Waals surface area contributed by atoms with Crippen molar-refractivity contribution >= 4 is 23.2 Å². The predicted molar refractivity (Wildman–Crippen MR) is 97.2 cm³/mol. The fourth-order valence-electron chi connectivity index (χ4n) is 2.28. The highest BCUT2D eigenvalue weighted by Crippen LogP contribution is 2.36. The number of hydrogen-bond acceptors (Lipinski definition) is 5. The second kappa shape index (κ2) is 8.05. The molecular weight excluding hydrogens is 396 g/mol. The van der Waals surface area contributed by atoms with Crippen LogP contribution in [-0.4, -0.2) is 23.2 Å². The van der Waals surface area contributed by atoms with Gasteiger partial charge in [0.1, 0.15) is 17.4 Å². The summed E-state index contributed by atoms with van der Waals surface area (Å²) in [7, 11) is 1.31. The second-order valence-electron chi connectivity index (χ2n) is 5.45. The fraction of sp³-hybridized carbons (Fsp3) is 0.0556. The van der Waals surface area contributed by atoms with E-state index in [0.717, 1.165) is 30.3 Å². The number of aromatic nitrogens is 2. The molecule has 3 rings (SSSR count). The van der Waals surface area contributed by atoms with Crippen molar-refractivity contribution in [3.63, 3.8) is 0 Å². The zero-order valence-corrected chi connectivity index (χ0v) is 15.0. The Morgan fingerprint density at radius 3 is 2.64 bits per heavy atom. The van der Waals surface area contributed by atoms with Crippen molar-refractivity contribution < 1.29 is 23.0 Å². The van der Waals surface area contributed by atoms with E-state index in [0.29, 0.717) is 0 Å². The van der Waals surface area contributed by atoms with E-state index >= 15 is 0 Å². The minimum absolute atomic E-state index is 0.0607. The van der Waals surface area contributed by atoms with Crippen molar-refractivity contribution in [2.75, 3.05) is 12.4 Å². The van der Waals surface area contributed by atoms with Crippen LogP contribution < -0.4 is 20.3 Å². The number of benzene rings is 2. The molecule has 1 aromatic heterocycles. The molecule has 1 amide bonds. The molecule has 0 radical (unpaired) electrons. The predicted octanol–water partition coefficient (Wildman–Crippen LogP) is 3.75. The minimum atomic E-state index is -0.853. The van der Waals surface area contributed by atoms with Crippen LogP contribution in [0.3, 0.4) is 0 Å². The Balaban J connectivity index is 1.99. The van der Waals surface area contributed by atoms with E-state index in [-0.39, 0.29) is 33.5 Å². The van der Waals surface area contributed by atoms with Gasteiger partial charge in [0.05, 0.1) is 29.6 Å². The number of nitrogens with zero attached hydrogens (tertiary/aromatic N) is 1. The number of carbonyl (C=O) groups excluding carboxylic acids is 1. The lowest BCUT2D eigenvalue weighted by Crippen LogP contribution is -2.16. The Labute approximate surface area is 161 Å². The van der Waals surface area contributed by atoms with E-state index < -0.39 is 23.1 Å². The first-order valence-electron chi connectivity index (χ1n) is 7.74. The number of rotatable bonds is 5. The minimum Gasteiger partial charge on any atom is -0.493 e. The fourth-order valence-corrected chi connectivity index (χ4v) is 2.43. The molecule has 2 aromatic carbocycles. The van der Waals surface area contributed by atoms with Crippen molar-refractivity contribution in [2.45, 2.75) is 0 Å². The molecule has 0 atom stereocenters. The average molecular weight is 408 g/mol. The summed E-state index contributed by atoms with van der Waals surface area (Å²) in [6.07, 6.45) is 1.20. The van der Waals surface area contributed by atoms with Crippen LogP contribution in [0.2, 0.25) is 5.02 Å². The average Bonchev–Trinajstić information content (AvgIpc) is 2.65. The Hall–Kier alpha value is -3.46. The van der Waals surface area contributed by atoms with Crippen molar-refractivity contribution in [2.24, 2.45) is 0 Å². The molecular formula is C18H12ClF2N3O4. The quantitative estimate of drug-likeness (QED) is 0.671. The number of anilines is 1. The molecule has 0 aliphatic rings. The van der Waals surface area contributed by atoms with Crippen molar-refractivity contribution in [1.82, 2.24) is 10.2 Å². The van der Waals surface area contributed by atoms with Gasteiger partial charge in [-0.1, -0.05) is 11.6 Å². The van der Waals surface area contributed by atoms with Crippen molar-refractivity contribution in [1.29, 1.82) is 0 Å². The van der Waals surface area contributed by atoms with Gasteiger partial charge in [-0.25, -0.2) is 13.9 Å². The molecule has 3 aromatic rings. The van der Waals surface area contributed by atoms with E-state index in [9.17, 15) is 18.4 Å². The largest absolute Gasteiger partial charge is 0.493 e. The van der Waals surface area contributed by atoms with Crippen LogP contribution in [-0.2, 0) is 0 Å². The molecule has 0 unspecified atom stereocenters. The summed E-state index contributed by atoms with van der Waals surface area (Å²) in [6.45, 7) is 0. The molecule has 28 heavy (non-hydrogen) atoms. The summed E-state index contributed by atoms with van der Waals surface area (Å²) in [4.78, 5) is 23.9. The van der Waals surface area contributed by atoms with E-state index in [4.69, 9.17) is 21.1 Å². The second-order valence-corrected chi connectivity index (χ2v) is 5.85. The van der Waals surface area contributed by atoms with Crippen LogP contribution in [0.1, 0.15) is 10.4 Å². The molecule has 7 nitrogen and oxygen atoms in total. The van der Waals surface area contributed by atoms with Gasteiger partial charge in [-0.3, -0.25) is 9.59 Å². The highest BCUT2D eigenvalue weighted by molar-refractivity contribution is 6.31. The lowest BCUT2D eigenvalue weighted by molar-refractivity contribution is 0.102. The molecule has 0 saturated heterocycles. The molecule has 0 bridgehead atoms. The first kappa shape index (κ1) is 19.3. The Kier molecular flexibility index (Phi) is 5.55. The Morgan fingerprint density at radius 1 is 1.14 bits per heavy atom. The standard InChI is InChI=1S/C18H12ClF2N3O4/c1-27-16-4-9(20)2-3-14(16)28-15-7-12(19)13(21)6-11(15)18(26)23-10-5-17(25)24-22-8-10/h2-8H,1H3,(H2,23,24,25,26). The van der Waals surface area contributed by atoms with Gasteiger partial charge < -0.3 is 14.8 Å². The number of ether oxygens (including phenoxy) is 2. The van der Waals surface area contributed by atoms with Crippen molar-refractivity contribution in [3.8, 4) is 17.2 Å². The number of amides is 1. The molecule has 0 aliphatic carbocycles. The van der Waals surface area contributed by atoms with Crippen molar-refractivity contribution in [3.05, 3.63) is 75.2 Å². The van der Waals surface area contributed by atoms with Gasteiger partial charge in [0.25, 0.3) is 11.5 Å². The van der Waals surface area contributed by atoms with E-state index in [1.165, 1.54) is 19.4 Å². The first-order chi connectivity index (χ1) is 13.4. The molecule has 0 saturated carbocycles. The van der Waals surface area contributed by atoms with Crippen LogP contribution in [0.25, 0.3) is 0 Å². The van der Waals surface area contributed by atoms with Gasteiger partial charge >= 0.3 is 0 Å². The number of halogens is 3. The van der Waals surface area contributed by atoms with Crippen LogP contribution in [0, 0.1) is 11.6 Å². The highest BCUT2D eigenvalue weighted by Gasteiger charge is 2.19. The van der Waals surface area contributed by atoms with Crippen LogP contribution in [0.15, 0.2) is 47.4 Å². The summed E-state index contributed by atoms with van der Waals surface area (Å²) in [5.41, 5.74) is -0.657. The monoisotopic (exact) mass is 407 g/mol. The summed E-state index contributed by atoms with van der Waals surface area (Å²) in [5.74, 6) is -2.15. The lowest BCUT2D eigenvalue weighted by atomic mass is 10.1. The van der Waals surface area contributed by atoms with Gasteiger partial charge in [0, 0.05) is 18.2 Å². The van der Waals surface area contributed by atoms with Gasteiger partial charge in [0.15, 0.2) is 11.5 Å². The Bertz CT molecular complexity index is 1100. The normalized spacial score (nSPS) is 10.4. The number of hydrogen-bond donors (Lipinski definition) is 2. The van der Waals surface area contributed by atoms with Crippen LogP contribution >= 0.6 is 11.6 Å². The van der Waals surface area contributed by atoms with Gasteiger partial charge in [0.2, 0.25) is 0 Å². The number of aromatic amines is 1. The zero-order chi connectivity index (χ0) is 20.3. The molecule has 144 valence electrons. The van der Waals surface area contributed by atoms with Gasteiger partial charge in [-0.15, -0.1) is 0 Å². The maximum atomic E-state index is 14.0. The zero-order valence-electron chi connectivity index (χ0n) is 14.3. The van der Waals surface area contributed by atoms with E-state index in [2.05, 4.69) is 15.5 Å². The third kappa shape index (κ3) is 4.26. The molecule has 0 aliphatic heterocycles. The first-order valence-corrected chi connectivity index (χ1v) is 8.11. The number of H-pyrrole nitrogens is 1. The van der Waals surface area contributed by atoms with Gasteiger partial charge in [-0.2, -0.15) is 5.10 Å². The smallest absolute Gasteiger partial charge is 0.266 e. The number of carbonyl (C=O) groups is 1. The molecule has 10 heteroatoms. The van der Waals surface area contributed by atoms with E-state index in [1.807, 2.05) is 0 Å². The molecule has 0 fully saturated rings. The topological polar surface area (TPSA) is 93.3 Å². The Morgan fingerprint density at radius 2 is 1.93 bits per heavy atom. The highest BCUT2D eigenvalue weighted by atomic mass is 35.5. The number of nitrogens with one attached hydrogen (secondary N) is 2.